The van der Waals surface area contributed by atoms with Crippen molar-refractivity contribution in [2.45, 2.75) is 12.7 Å². The van der Waals surface area contributed by atoms with Gasteiger partial charge in [-0.2, -0.15) is 13.2 Å². The van der Waals surface area contributed by atoms with E-state index in [9.17, 15) is 18.0 Å². The molecule has 4 aromatic rings. The summed E-state index contributed by atoms with van der Waals surface area (Å²) in [5, 5.41) is 2.61. The molecular formula is C21H15F3N4O. The molecule has 0 atom stereocenters. The van der Waals surface area contributed by atoms with Crippen molar-refractivity contribution < 1.29 is 18.0 Å². The maximum Gasteiger partial charge on any atom is 0.416 e. The first kappa shape index (κ1) is 18.7. The number of carbonyl (C=O) groups is 1. The lowest BCUT2D eigenvalue weighted by atomic mass is 10.1. The summed E-state index contributed by atoms with van der Waals surface area (Å²) in [5.41, 5.74) is 1.59. The summed E-state index contributed by atoms with van der Waals surface area (Å²) < 4.78 is 40.2. The van der Waals surface area contributed by atoms with Gasteiger partial charge in [0.2, 0.25) is 0 Å². The molecule has 4 rings (SSSR count). The van der Waals surface area contributed by atoms with Gasteiger partial charge in [0, 0.05) is 18.3 Å². The summed E-state index contributed by atoms with van der Waals surface area (Å²) >= 11 is 0. The smallest absolute Gasteiger partial charge is 0.348 e. The molecule has 5 nitrogen and oxygen atoms in total. The van der Waals surface area contributed by atoms with E-state index in [0.29, 0.717) is 5.82 Å². The number of fused-ring (bicyclic) bond motifs is 1. The number of amides is 1. The Labute approximate surface area is 163 Å². The van der Waals surface area contributed by atoms with Crippen LogP contribution in [0.5, 0.6) is 0 Å². The minimum atomic E-state index is -4.49. The average Bonchev–Trinajstić information content (AvgIpc) is 3.16. The number of carbonyl (C=O) groups excluding carboxylic acids is 1. The molecule has 2 aromatic heterocycles. The summed E-state index contributed by atoms with van der Waals surface area (Å²) in [4.78, 5) is 20.9. The molecule has 8 heteroatoms. The van der Waals surface area contributed by atoms with Crippen molar-refractivity contribution in [1.29, 1.82) is 0 Å². The largest absolute Gasteiger partial charge is 0.416 e. The third-order valence-corrected chi connectivity index (χ3v) is 4.41. The van der Waals surface area contributed by atoms with Crippen LogP contribution in [-0.4, -0.2) is 20.4 Å². The van der Waals surface area contributed by atoms with Crippen molar-refractivity contribution >= 4 is 16.9 Å². The predicted octanol–water partition coefficient (Wildman–Crippen LogP) is 4.37. The second-order valence-electron chi connectivity index (χ2n) is 6.39. The van der Waals surface area contributed by atoms with Crippen molar-refractivity contribution in [2.24, 2.45) is 0 Å². The highest BCUT2D eigenvalue weighted by Crippen LogP contribution is 2.29. The van der Waals surface area contributed by atoms with E-state index in [4.69, 9.17) is 0 Å². The molecule has 2 heterocycles. The van der Waals surface area contributed by atoms with E-state index in [1.807, 2.05) is 28.8 Å². The SMILES string of the molecule is O=C(NCc1ccc(-n2cnc3ccccc32)nc1)c1cccc(C(F)(F)F)c1. The zero-order valence-corrected chi connectivity index (χ0v) is 15.0. The molecular weight excluding hydrogens is 381 g/mol. The molecule has 0 spiro atoms. The normalized spacial score (nSPS) is 11.6. The van der Waals surface area contributed by atoms with Gasteiger partial charge in [-0.05, 0) is 42.0 Å². The second kappa shape index (κ2) is 7.38. The molecule has 0 radical (unpaired) electrons. The molecule has 146 valence electrons. The van der Waals surface area contributed by atoms with Gasteiger partial charge in [0.15, 0.2) is 0 Å². The summed E-state index contributed by atoms with van der Waals surface area (Å²) in [5.74, 6) is 0.0902. The maximum atomic E-state index is 12.8. The van der Waals surface area contributed by atoms with E-state index < -0.39 is 17.6 Å². The van der Waals surface area contributed by atoms with Crippen LogP contribution in [0.2, 0.25) is 0 Å². The fourth-order valence-electron chi connectivity index (χ4n) is 2.93. The molecule has 2 aromatic carbocycles. The van der Waals surface area contributed by atoms with Crippen molar-refractivity contribution in [3.63, 3.8) is 0 Å². The van der Waals surface area contributed by atoms with Crippen molar-refractivity contribution in [3.8, 4) is 5.82 Å². The molecule has 0 aliphatic rings. The van der Waals surface area contributed by atoms with E-state index in [1.54, 1.807) is 24.7 Å². The topological polar surface area (TPSA) is 59.8 Å². The Hall–Kier alpha value is -3.68. The number of nitrogens with one attached hydrogen (secondary N) is 1. The van der Waals surface area contributed by atoms with E-state index in [2.05, 4.69) is 15.3 Å². The molecule has 0 unspecified atom stereocenters. The Morgan fingerprint density at radius 1 is 1.00 bits per heavy atom. The van der Waals surface area contributed by atoms with Crippen LogP contribution in [0.1, 0.15) is 21.5 Å². The van der Waals surface area contributed by atoms with Crippen LogP contribution < -0.4 is 5.32 Å². The Kier molecular flexibility index (Phi) is 4.75. The van der Waals surface area contributed by atoms with Crippen LogP contribution in [0.25, 0.3) is 16.9 Å². The van der Waals surface area contributed by atoms with E-state index in [-0.39, 0.29) is 12.1 Å². The quantitative estimate of drug-likeness (QED) is 0.557. The number of aromatic nitrogens is 3. The number of nitrogens with zero attached hydrogens (tertiary/aromatic N) is 3. The number of hydrogen-bond donors (Lipinski definition) is 1. The highest BCUT2D eigenvalue weighted by molar-refractivity contribution is 5.94. The van der Waals surface area contributed by atoms with Gasteiger partial charge < -0.3 is 5.32 Å². The number of rotatable bonds is 4. The van der Waals surface area contributed by atoms with Crippen molar-refractivity contribution in [2.75, 3.05) is 0 Å². The van der Waals surface area contributed by atoms with Gasteiger partial charge in [-0.3, -0.25) is 9.36 Å². The highest BCUT2D eigenvalue weighted by Gasteiger charge is 2.30. The Bertz CT molecular complexity index is 1170. The van der Waals surface area contributed by atoms with Gasteiger partial charge in [-0.15, -0.1) is 0 Å². The minimum Gasteiger partial charge on any atom is -0.348 e. The van der Waals surface area contributed by atoms with E-state index in [0.717, 1.165) is 28.7 Å². The monoisotopic (exact) mass is 396 g/mol. The molecule has 0 saturated heterocycles. The summed E-state index contributed by atoms with van der Waals surface area (Å²) in [6.07, 6.45) is -1.20. The van der Waals surface area contributed by atoms with Crippen LogP contribution in [0.15, 0.2) is 73.2 Å². The first-order chi connectivity index (χ1) is 13.9. The van der Waals surface area contributed by atoms with E-state index >= 15 is 0 Å². The summed E-state index contributed by atoms with van der Waals surface area (Å²) in [6, 6.07) is 15.6. The average molecular weight is 396 g/mol. The number of alkyl halides is 3. The molecule has 0 aliphatic heterocycles. The van der Waals surface area contributed by atoms with Crippen molar-refractivity contribution in [1.82, 2.24) is 19.9 Å². The van der Waals surface area contributed by atoms with Crippen molar-refractivity contribution in [3.05, 3.63) is 89.9 Å². The number of hydrogen-bond acceptors (Lipinski definition) is 3. The van der Waals surface area contributed by atoms with Gasteiger partial charge in [-0.1, -0.05) is 24.3 Å². The third kappa shape index (κ3) is 3.96. The number of benzene rings is 2. The Balaban J connectivity index is 1.45. The molecule has 1 amide bonds. The summed E-state index contributed by atoms with van der Waals surface area (Å²) in [7, 11) is 0. The van der Waals surface area contributed by atoms with Gasteiger partial charge in [-0.25, -0.2) is 9.97 Å². The van der Waals surface area contributed by atoms with Gasteiger partial charge in [0.05, 0.1) is 16.6 Å². The molecule has 0 fully saturated rings. The van der Waals surface area contributed by atoms with E-state index in [1.165, 1.54) is 12.1 Å². The lowest BCUT2D eigenvalue weighted by Crippen LogP contribution is -2.23. The number of para-hydroxylation sites is 2. The second-order valence-corrected chi connectivity index (χ2v) is 6.39. The summed E-state index contributed by atoms with van der Waals surface area (Å²) in [6.45, 7) is 0.146. The van der Waals surface area contributed by atoms with Crippen LogP contribution in [-0.2, 0) is 12.7 Å². The van der Waals surface area contributed by atoms with Crippen LogP contribution in [0.4, 0.5) is 13.2 Å². The maximum absolute atomic E-state index is 12.8. The lowest BCUT2D eigenvalue weighted by Gasteiger charge is -2.10. The fraction of sp³-hybridized carbons (Fsp3) is 0.0952. The molecule has 0 saturated carbocycles. The van der Waals surface area contributed by atoms with Crippen LogP contribution >= 0.6 is 0 Å². The number of pyridine rings is 1. The molecule has 0 bridgehead atoms. The third-order valence-electron chi connectivity index (χ3n) is 4.41. The molecule has 29 heavy (non-hydrogen) atoms. The minimum absolute atomic E-state index is 0.0470. The molecule has 0 aliphatic carbocycles. The van der Waals surface area contributed by atoms with Crippen LogP contribution in [0, 0.1) is 0 Å². The van der Waals surface area contributed by atoms with Gasteiger partial charge in [0.1, 0.15) is 12.1 Å². The molecule has 1 N–H and O–H groups in total. The lowest BCUT2D eigenvalue weighted by molar-refractivity contribution is -0.137. The standard InChI is InChI=1S/C21H15F3N4O/c22-21(23,24)16-5-3-4-15(10-16)20(29)26-12-14-8-9-19(25-11-14)28-13-27-17-6-1-2-7-18(17)28/h1-11,13H,12H2,(H,26,29). The fourth-order valence-corrected chi connectivity index (χ4v) is 2.93. The first-order valence-corrected chi connectivity index (χ1v) is 8.75. The first-order valence-electron chi connectivity index (χ1n) is 8.75. The number of halogens is 3. The predicted molar refractivity (Wildman–Crippen MR) is 101 cm³/mol. The van der Waals surface area contributed by atoms with Gasteiger partial charge >= 0.3 is 6.18 Å². The number of imidazole rings is 1. The zero-order valence-electron chi connectivity index (χ0n) is 15.0. The Morgan fingerprint density at radius 3 is 2.59 bits per heavy atom. The Morgan fingerprint density at radius 2 is 1.83 bits per heavy atom. The van der Waals surface area contributed by atoms with Gasteiger partial charge in [0.25, 0.3) is 5.91 Å². The highest BCUT2D eigenvalue weighted by atomic mass is 19.4. The zero-order chi connectivity index (χ0) is 20.4. The van der Waals surface area contributed by atoms with Crippen LogP contribution in [0.3, 0.4) is 0 Å².